The molecule has 0 saturated heterocycles. The van der Waals surface area contributed by atoms with Gasteiger partial charge in [-0.1, -0.05) is 32.0 Å². The van der Waals surface area contributed by atoms with Crippen LogP contribution in [0.4, 0.5) is 13.2 Å². The van der Waals surface area contributed by atoms with Crippen molar-refractivity contribution in [1.82, 2.24) is 24.8 Å². The molecule has 3 aromatic rings. The summed E-state index contributed by atoms with van der Waals surface area (Å²) >= 11 is 0. The smallest absolute Gasteiger partial charge is 0.355 e. The molecule has 11 heteroatoms. The van der Waals surface area contributed by atoms with Crippen molar-refractivity contribution in [2.45, 2.75) is 38.3 Å². The highest BCUT2D eigenvalue weighted by Gasteiger charge is 2.32. The van der Waals surface area contributed by atoms with Crippen LogP contribution in [0.5, 0.6) is 0 Å². The zero-order valence-electron chi connectivity index (χ0n) is 17.2. The van der Waals surface area contributed by atoms with Crippen LogP contribution in [0.25, 0.3) is 11.2 Å². The van der Waals surface area contributed by atoms with Gasteiger partial charge >= 0.3 is 11.9 Å². The first-order chi connectivity index (χ1) is 14.4. The lowest BCUT2D eigenvalue weighted by molar-refractivity contribution is -0.137. The standard InChI is InChI=1S/C20H22F3N5O3/c1-19(2,11-5-4-6-12(9-11)20(21,22)23)10-24-14(29)8-7-13-25-15-16(26-13)28(3)18(31)27-17(15)30/h4-6,9H,7-8,10H2,1-3H3,(H,24,29)(H,25,26)(H,27,30,31). The number of aryl methyl sites for hydroxylation is 2. The number of halogens is 3. The van der Waals surface area contributed by atoms with Gasteiger partial charge in [0.15, 0.2) is 5.65 Å². The Bertz CT molecular complexity index is 1240. The van der Waals surface area contributed by atoms with Crippen molar-refractivity contribution in [1.29, 1.82) is 0 Å². The summed E-state index contributed by atoms with van der Waals surface area (Å²) in [6.45, 7) is 3.63. The lowest BCUT2D eigenvalue weighted by Crippen LogP contribution is -2.37. The van der Waals surface area contributed by atoms with Gasteiger partial charge < -0.3 is 10.3 Å². The van der Waals surface area contributed by atoms with Crippen molar-refractivity contribution in [3.05, 3.63) is 62.1 Å². The molecular weight excluding hydrogens is 415 g/mol. The number of nitrogens with zero attached hydrogens (tertiary/aromatic N) is 2. The molecule has 166 valence electrons. The molecule has 0 radical (unpaired) electrons. The molecule has 0 atom stereocenters. The Kier molecular flexibility index (Phi) is 5.79. The maximum atomic E-state index is 13.0. The number of H-pyrrole nitrogens is 2. The quantitative estimate of drug-likeness (QED) is 0.547. The molecule has 2 heterocycles. The molecule has 1 aromatic carbocycles. The van der Waals surface area contributed by atoms with E-state index in [0.29, 0.717) is 11.4 Å². The van der Waals surface area contributed by atoms with E-state index >= 15 is 0 Å². The maximum absolute atomic E-state index is 13.0. The van der Waals surface area contributed by atoms with E-state index in [2.05, 4.69) is 20.3 Å². The van der Waals surface area contributed by atoms with Crippen molar-refractivity contribution in [2.75, 3.05) is 6.54 Å². The molecule has 0 aliphatic carbocycles. The number of aromatic nitrogens is 4. The van der Waals surface area contributed by atoms with Crippen LogP contribution in [0.2, 0.25) is 0 Å². The van der Waals surface area contributed by atoms with Crippen molar-refractivity contribution >= 4 is 17.1 Å². The number of alkyl halides is 3. The highest BCUT2D eigenvalue weighted by Crippen LogP contribution is 2.32. The van der Waals surface area contributed by atoms with Crippen LogP contribution < -0.4 is 16.6 Å². The molecule has 3 rings (SSSR count). The Morgan fingerprint density at radius 2 is 1.84 bits per heavy atom. The van der Waals surface area contributed by atoms with Crippen LogP contribution in [0.15, 0.2) is 33.9 Å². The molecule has 0 saturated carbocycles. The molecule has 0 aliphatic rings. The van der Waals surface area contributed by atoms with E-state index in [-0.39, 0.29) is 36.5 Å². The first-order valence-corrected chi connectivity index (χ1v) is 9.51. The molecule has 8 nitrogen and oxygen atoms in total. The highest BCUT2D eigenvalue weighted by molar-refractivity contribution is 5.76. The maximum Gasteiger partial charge on any atom is 0.416 e. The predicted molar refractivity (Wildman–Crippen MR) is 108 cm³/mol. The lowest BCUT2D eigenvalue weighted by Gasteiger charge is -2.26. The number of benzene rings is 1. The van der Waals surface area contributed by atoms with E-state index < -0.39 is 28.4 Å². The Morgan fingerprint density at radius 1 is 1.16 bits per heavy atom. The monoisotopic (exact) mass is 437 g/mol. The molecule has 2 aromatic heterocycles. The number of nitrogens with one attached hydrogen (secondary N) is 3. The van der Waals surface area contributed by atoms with Gasteiger partial charge in [-0.25, -0.2) is 9.78 Å². The third-order valence-electron chi connectivity index (χ3n) is 5.09. The summed E-state index contributed by atoms with van der Waals surface area (Å²) in [7, 11) is 1.47. The summed E-state index contributed by atoms with van der Waals surface area (Å²) in [5.41, 5.74) is -1.85. The normalized spacial score (nSPS) is 12.3. The average Bonchev–Trinajstić information content (AvgIpc) is 3.14. The molecule has 0 spiro atoms. The molecule has 31 heavy (non-hydrogen) atoms. The topological polar surface area (TPSA) is 113 Å². The summed E-state index contributed by atoms with van der Waals surface area (Å²) in [6.07, 6.45) is -4.20. The van der Waals surface area contributed by atoms with Crippen LogP contribution in [0.3, 0.4) is 0 Å². The Morgan fingerprint density at radius 3 is 2.52 bits per heavy atom. The Hall–Kier alpha value is -3.37. The Balaban J connectivity index is 1.63. The molecule has 0 aliphatic heterocycles. The second-order valence-corrected chi connectivity index (χ2v) is 7.94. The van der Waals surface area contributed by atoms with Crippen molar-refractivity contribution < 1.29 is 18.0 Å². The van der Waals surface area contributed by atoms with Crippen molar-refractivity contribution in [3.63, 3.8) is 0 Å². The van der Waals surface area contributed by atoms with Gasteiger partial charge in [0.25, 0.3) is 5.56 Å². The minimum Gasteiger partial charge on any atom is -0.355 e. The van der Waals surface area contributed by atoms with Gasteiger partial charge in [-0.2, -0.15) is 13.2 Å². The third kappa shape index (κ3) is 4.86. The zero-order chi connectivity index (χ0) is 23.0. The number of hydrogen-bond acceptors (Lipinski definition) is 4. The fraction of sp³-hybridized carbons (Fsp3) is 0.400. The zero-order valence-corrected chi connectivity index (χ0v) is 17.2. The molecular formula is C20H22F3N5O3. The van der Waals surface area contributed by atoms with E-state index in [1.165, 1.54) is 17.7 Å². The van der Waals surface area contributed by atoms with Crippen LogP contribution in [0.1, 0.15) is 37.2 Å². The molecule has 0 fully saturated rings. The van der Waals surface area contributed by atoms with Crippen molar-refractivity contribution in [2.24, 2.45) is 7.05 Å². The summed E-state index contributed by atoms with van der Waals surface area (Å²) in [5.74, 6) is 0.0531. The fourth-order valence-electron chi connectivity index (χ4n) is 3.13. The molecule has 3 N–H and O–H groups in total. The van der Waals surface area contributed by atoms with Crippen LogP contribution in [-0.4, -0.2) is 32.0 Å². The number of aromatic amines is 2. The minimum absolute atomic E-state index is 0.0460. The summed E-state index contributed by atoms with van der Waals surface area (Å²) in [4.78, 5) is 44.9. The van der Waals surface area contributed by atoms with Gasteiger partial charge in [-0.3, -0.25) is 19.1 Å². The van der Waals surface area contributed by atoms with E-state index in [0.717, 1.165) is 12.1 Å². The van der Waals surface area contributed by atoms with Crippen LogP contribution >= 0.6 is 0 Å². The van der Waals surface area contributed by atoms with Gasteiger partial charge in [-0.15, -0.1) is 0 Å². The van der Waals surface area contributed by atoms with Gasteiger partial charge in [-0.05, 0) is 11.6 Å². The summed E-state index contributed by atoms with van der Waals surface area (Å²) in [5, 5.41) is 2.73. The predicted octanol–water partition coefficient (Wildman–Crippen LogP) is 2.00. The average molecular weight is 437 g/mol. The van der Waals surface area contributed by atoms with Gasteiger partial charge in [0.05, 0.1) is 5.56 Å². The number of fused-ring (bicyclic) bond motifs is 1. The number of amides is 1. The number of carbonyl (C=O) groups is 1. The highest BCUT2D eigenvalue weighted by atomic mass is 19.4. The second-order valence-electron chi connectivity index (χ2n) is 7.94. The molecule has 0 unspecified atom stereocenters. The van der Waals surface area contributed by atoms with Gasteiger partial charge in [0.1, 0.15) is 11.3 Å². The largest absolute Gasteiger partial charge is 0.416 e. The number of rotatable bonds is 6. The summed E-state index contributed by atoms with van der Waals surface area (Å²) < 4.78 is 40.1. The molecule has 0 bridgehead atoms. The minimum atomic E-state index is -4.44. The summed E-state index contributed by atoms with van der Waals surface area (Å²) in [6, 6.07) is 5.03. The van der Waals surface area contributed by atoms with Gasteiger partial charge in [0.2, 0.25) is 5.91 Å². The SMILES string of the molecule is Cn1c(=O)[nH]c(=O)c2[nH]c(CCC(=O)NCC(C)(C)c3cccc(C(F)(F)F)c3)nc21. The fourth-order valence-corrected chi connectivity index (χ4v) is 3.13. The third-order valence-corrected chi connectivity index (χ3v) is 5.09. The first-order valence-electron chi connectivity index (χ1n) is 9.51. The number of hydrogen-bond donors (Lipinski definition) is 3. The van der Waals surface area contributed by atoms with Crippen LogP contribution in [-0.2, 0) is 29.9 Å². The number of carbonyl (C=O) groups excluding carboxylic acids is 1. The molecule has 1 amide bonds. The van der Waals surface area contributed by atoms with Crippen LogP contribution in [0, 0.1) is 0 Å². The van der Waals surface area contributed by atoms with Gasteiger partial charge in [0, 0.05) is 31.8 Å². The lowest BCUT2D eigenvalue weighted by atomic mass is 9.83. The van der Waals surface area contributed by atoms with E-state index in [1.807, 2.05) is 0 Å². The number of imidazole rings is 1. The van der Waals surface area contributed by atoms with E-state index in [9.17, 15) is 27.6 Å². The Labute approximate surface area is 174 Å². The van der Waals surface area contributed by atoms with Crippen molar-refractivity contribution in [3.8, 4) is 0 Å². The first kappa shape index (κ1) is 22.3. The van der Waals surface area contributed by atoms with E-state index in [1.54, 1.807) is 19.9 Å². The van der Waals surface area contributed by atoms with E-state index in [4.69, 9.17) is 0 Å². The second kappa shape index (κ2) is 8.05.